The molecule has 0 spiro atoms. The van der Waals surface area contributed by atoms with Gasteiger partial charge in [0.15, 0.2) is 11.6 Å². The molecule has 0 aliphatic carbocycles. The average Bonchev–Trinajstić information content (AvgIpc) is 3.29. The number of aromatic hydroxyl groups is 1. The van der Waals surface area contributed by atoms with Crippen LogP contribution in [0.25, 0.3) is 0 Å². The second kappa shape index (κ2) is 8.97. The Kier molecular flexibility index (Phi) is 5.97. The zero-order valence-corrected chi connectivity index (χ0v) is 16.3. The molecule has 29 heavy (non-hydrogen) atoms. The Labute approximate surface area is 170 Å². The minimum absolute atomic E-state index is 0.310. The fourth-order valence-electron chi connectivity index (χ4n) is 3.48. The highest BCUT2D eigenvalue weighted by molar-refractivity contribution is 5.84. The minimum atomic E-state index is -0.704. The number of anilines is 1. The third-order valence-electron chi connectivity index (χ3n) is 5.13. The van der Waals surface area contributed by atoms with Gasteiger partial charge >= 0.3 is 0 Å². The van der Waals surface area contributed by atoms with Gasteiger partial charge in [0, 0.05) is 35.5 Å². The number of halogens is 1. The van der Waals surface area contributed by atoms with Crippen molar-refractivity contribution in [1.29, 1.82) is 0 Å². The summed E-state index contributed by atoms with van der Waals surface area (Å²) in [6, 6.07) is 11.0. The minimum Gasteiger partial charge on any atom is -0.504 e. The maximum absolute atomic E-state index is 14.1. The van der Waals surface area contributed by atoms with Gasteiger partial charge in [-0.05, 0) is 49.2 Å². The Morgan fingerprint density at radius 3 is 2.38 bits per heavy atom. The Hall–Kier alpha value is -3.04. The molecular weight excluding hydrogens is 369 g/mol. The monoisotopic (exact) mass is 393 g/mol. The van der Waals surface area contributed by atoms with Gasteiger partial charge in [-0.2, -0.15) is 5.10 Å². The van der Waals surface area contributed by atoms with Gasteiger partial charge in [0.1, 0.15) is 0 Å². The van der Waals surface area contributed by atoms with E-state index in [1.165, 1.54) is 30.8 Å². The van der Waals surface area contributed by atoms with Gasteiger partial charge in [-0.15, -0.1) is 0 Å². The first-order valence-electron chi connectivity index (χ1n) is 9.95. The first-order chi connectivity index (χ1) is 14.2. The highest BCUT2D eigenvalue weighted by Gasteiger charge is 2.12. The van der Waals surface area contributed by atoms with E-state index in [1.807, 2.05) is 17.1 Å². The van der Waals surface area contributed by atoms with Crippen molar-refractivity contribution < 1.29 is 14.2 Å². The Balaban J connectivity index is 1.50. The molecule has 0 unspecified atom stereocenters. The number of rotatable bonds is 3. The normalized spacial score (nSPS) is 16.9. The third kappa shape index (κ3) is 4.87. The molecule has 0 saturated carbocycles. The lowest BCUT2D eigenvalue weighted by molar-refractivity contribution is 0.0397. The Morgan fingerprint density at radius 2 is 1.66 bits per heavy atom. The molecule has 150 valence electrons. The van der Waals surface area contributed by atoms with Crippen LogP contribution in [0.3, 0.4) is 0 Å². The molecule has 2 aliphatic heterocycles. The number of nitrogens with zero attached hydrogens (tertiary/aromatic N) is 3. The summed E-state index contributed by atoms with van der Waals surface area (Å²) in [7, 11) is 0. The fraction of sp³-hybridized carbons (Fsp3) is 0.348. The van der Waals surface area contributed by atoms with E-state index < -0.39 is 11.6 Å². The largest absolute Gasteiger partial charge is 0.504 e. The maximum Gasteiger partial charge on any atom is 0.166 e. The Morgan fingerprint density at radius 1 is 0.966 bits per heavy atom. The Bertz CT molecular complexity index is 935. The number of phenols is 1. The van der Waals surface area contributed by atoms with Crippen molar-refractivity contribution in [2.45, 2.75) is 12.8 Å². The van der Waals surface area contributed by atoms with Crippen molar-refractivity contribution in [3.05, 3.63) is 58.9 Å². The van der Waals surface area contributed by atoms with Crippen molar-refractivity contribution >= 4 is 11.9 Å². The molecular formula is C23H24FN3O2. The zero-order valence-electron chi connectivity index (χ0n) is 16.3. The molecule has 2 aliphatic rings. The van der Waals surface area contributed by atoms with Gasteiger partial charge < -0.3 is 14.7 Å². The molecule has 2 aromatic rings. The zero-order chi connectivity index (χ0) is 20.1. The molecule has 0 amide bonds. The van der Waals surface area contributed by atoms with Crippen molar-refractivity contribution in [2.24, 2.45) is 5.10 Å². The smallest absolute Gasteiger partial charge is 0.166 e. The number of phenolic OH excluding ortho intramolecular Hbond substituents is 1. The number of hydrogen-bond acceptors (Lipinski definition) is 5. The van der Waals surface area contributed by atoms with Crippen LogP contribution in [-0.2, 0) is 4.74 Å². The van der Waals surface area contributed by atoms with Crippen LogP contribution >= 0.6 is 0 Å². The predicted molar refractivity (Wildman–Crippen MR) is 112 cm³/mol. The topological polar surface area (TPSA) is 48.3 Å². The van der Waals surface area contributed by atoms with Crippen LogP contribution in [0.2, 0.25) is 0 Å². The van der Waals surface area contributed by atoms with Crippen LogP contribution in [0.1, 0.15) is 29.5 Å². The molecule has 0 atom stereocenters. The third-order valence-corrected chi connectivity index (χ3v) is 5.13. The summed E-state index contributed by atoms with van der Waals surface area (Å²) in [5.41, 5.74) is 2.88. The number of hydrazone groups is 1. The molecule has 2 heterocycles. The van der Waals surface area contributed by atoms with E-state index in [4.69, 9.17) is 4.74 Å². The lowest BCUT2D eigenvalue weighted by Crippen LogP contribution is -2.32. The highest BCUT2D eigenvalue weighted by Crippen LogP contribution is 2.22. The molecule has 5 nitrogen and oxygen atoms in total. The van der Waals surface area contributed by atoms with Crippen molar-refractivity contribution in [2.75, 3.05) is 44.3 Å². The van der Waals surface area contributed by atoms with Crippen LogP contribution in [0.5, 0.6) is 5.75 Å². The van der Waals surface area contributed by atoms with E-state index in [1.54, 1.807) is 6.07 Å². The van der Waals surface area contributed by atoms with Crippen LogP contribution in [0.4, 0.5) is 10.1 Å². The molecule has 0 aromatic heterocycles. The summed E-state index contributed by atoms with van der Waals surface area (Å²) < 4.78 is 19.4. The maximum atomic E-state index is 14.1. The molecule has 1 N–H and O–H groups in total. The van der Waals surface area contributed by atoms with Crippen LogP contribution in [-0.4, -0.2) is 55.7 Å². The van der Waals surface area contributed by atoms with Gasteiger partial charge in [-0.1, -0.05) is 11.8 Å². The summed E-state index contributed by atoms with van der Waals surface area (Å²) >= 11 is 0. The van der Waals surface area contributed by atoms with Gasteiger partial charge in [-0.25, -0.2) is 4.39 Å². The second-order valence-electron chi connectivity index (χ2n) is 7.20. The van der Waals surface area contributed by atoms with Crippen molar-refractivity contribution in [3.63, 3.8) is 0 Å². The summed E-state index contributed by atoms with van der Waals surface area (Å²) in [5.74, 6) is 4.94. The fourth-order valence-corrected chi connectivity index (χ4v) is 3.48. The van der Waals surface area contributed by atoms with Crippen LogP contribution in [0, 0.1) is 17.7 Å². The number of benzene rings is 2. The van der Waals surface area contributed by atoms with E-state index >= 15 is 0 Å². The average molecular weight is 393 g/mol. The standard InChI is InChI=1S/C23H24FN3O2/c24-22-16-19(15-20(23(22)28)17-25-27-11-13-29-14-12-27)4-3-18-5-7-21(8-6-18)26-9-1-2-10-26/h5-8,15-17,28H,1-2,9-14H2/b25-17+. The lowest BCUT2D eigenvalue weighted by Gasteiger charge is -2.23. The van der Waals surface area contributed by atoms with E-state index in [0.29, 0.717) is 37.4 Å². The SMILES string of the molecule is Oc1c(F)cc(C#Cc2ccc(N3CCCC3)cc2)cc1/C=N/N1CCOCC1. The van der Waals surface area contributed by atoms with E-state index in [9.17, 15) is 9.50 Å². The van der Waals surface area contributed by atoms with Crippen LogP contribution < -0.4 is 4.90 Å². The summed E-state index contributed by atoms with van der Waals surface area (Å²) in [4.78, 5) is 2.37. The van der Waals surface area contributed by atoms with Gasteiger partial charge in [0.25, 0.3) is 0 Å². The molecule has 2 saturated heterocycles. The molecule has 2 aromatic carbocycles. The van der Waals surface area contributed by atoms with E-state index in [2.05, 4.69) is 34.0 Å². The number of ether oxygens (including phenoxy) is 1. The molecule has 0 bridgehead atoms. The number of hydrogen-bond donors (Lipinski definition) is 1. The predicted octanol–water partition coefficient (Wildman–Crippen LogP) is 3.20. The lowest BCUT2D eigenvalue weighted by atomic mass is 10.1. The van der Waals surface area contributed by atoms with Gasteiger partial charge in [0.2, 0.25) is 0 Å². The molecule has 4 rings (SSSR count). The van der Waals surface area contributed by atoms with E-state index in [0.717, 1.165) is 18.7 Å². The summed E-state index contributed by atoms with van der Waals surface area (Å²) in [6.07, 6.45) is 3.95. The van der Waals surface area contributed by atoms with E-state index in [-0.39, 0.29) is 0 Å². The second-order valence-corrected chi connectivity index (χ2v) is 7.20. The quantitative estimate of drug-likeness (QED) is 0.643. The van der Waals surface area contributed by atoms with Gasteiger partial charge in [0.05, 0.1) is 32.5 Å². The van der Waals surface area contributed by atoms with Crippen molar-refractivity contribution in [1.82, 2.24) is 5.01 Å². The molecule has 6 heteroatoms. The van der Waals surface area contributed by atoms with Crippen molar-refractivity contribution in [3.8, 4) is 17.6 Å². The number of morpholine rings is 1. The first kappa shape index (κ1) is 19.3. The summed E-state index contributed by atoms with van der Waals surface area (Å²) in [5, 5.41) is 16.2. The summed E-state index contributed by atoms with van der Waals surface area (Å²) in [6.45, 7) is 4.78. The highest BCUT2D eigenvalue weighted by atomic mass is 19.1. The first-order valence-corrected chi connectivity index (χ1v) is 9.95. The molecule has 2 fully saturated rings. The van der Waals surface area contributed by atoms with Crippen LogP contribution in [0.15, 0.2) is 41.5 Å². The van der Waals surface area contributed by atoms with Gasteiger partial charge in [-0.3, -0.25) is 5.01 Å². The molecule has 0 radical (unpaired) electrons.